The molecule has 0 saturated heterocycles. The molecule has 3 aromatic rings. The van der Waals surface area contributed by atoms with Crippen LogP contribution in [0.3, 0.4) is 0 Å². The second kappa shape index (κ2) is 10.9. The zero-order valence-electron chi connectivity index (χ0n) is 14.2. The van der Waals surface area contributed by atoms with Gasteiger partial charge >= 0.3 is 33.3 Å². The van der Waals surface area contributed by atoms with Gasteiger partial charge in [-0.05, 0) is 50.2 Å². The van der Waals surface area contributed by atoms with Gasteiger partial charge in [0.25, 0.3) is 0 Å². The molecule has 0 fully saturated rings. The van der Waals surface area contributed by atoms with Crippen molar-refractivity contribution in [3.05, 3.63) is 72.3 Å². The van der Waals surface area contributed by atoms with Crippen molar-refractivity contribution in [2.75, 3.05) is 0 Å². The van der Waals surface area contributed by atoms with E-state index in [4.69, 9.17) is 20.2 Å². The van der Waals surface area contributed by atoms with E-state index in [0.717, 1.165) is 22.8 Å². The van der Waals surface area contributed by atoms with Crippen LogP contribution in [0, 0.1) is 0 Å². The molecule has 0 radical (unpaired) electrons. The van der Waals surface area contributed by atoms with Crippen LogP contribution in [0.1, 0.15) is 25.2 Å². The normalized spacial score (nSPS) is 11.8. The Morgan fingerprint density at radius 2 is 1.23 bits per heavy atom. The van der Waals surface area contributed by atoms with Crippen molar-refractivity contribution in [1.82, 2.24) is 15.0 Å². The third kappa shape index (κ3) is 6.39. The van der Waals surface area contributed by atoms with Crippen LogP contribution < -0.4 is 0 Å². The molecule has 3 rings (SSSR count). The molecule has 0 unspecified atom stereocenters. The monoisotopic (exact) mass is 429 g/mol. The van der Waals surface area contributed by atoms with Gasteiger partial charge in [0.2, 0.25) is 0 Å². The number of halogens is 2. The summed E-state index contributed by atoms with van der Waals surface area (Å²) in [6, 6.07) is 15.3. The van der Waals surface area contributed by atoms with Gasteiger partial charge in [0.05, 0.1) is 22.8 Å². The predicted molar refractivity (Wildman–Crippen MR) is 105 cm³/mol. The molecule has 0 aliphatic carbocycles. The molecule has 3 aromatic heterocycles. The van der Waals surface area contributed by atoms with Crippen LogP contribution in [-0.4, -0.2) is 26.4 Å². The van der Waals surface area contributed by atoms with Gasteiger partial charge < -0.3 is 4.98 Å². The Kier molecular flexibility index (Phi) is 8.51. The number of pyridine rings is 2. The van der Waals surface area contributed by atoms with Gasteiger partial charge in [-0.15, -0.1) is 0 Å². The quantitative estimate of drug-likeness (QED) is 0.441. The summed E-state index contributed by atoms with van der Waals surface area (Å²) in [6.45, 7) is 3.91. The summed E-state index contributed by atoms with van der Waals surface area (Å²) in [6.07, 6.45) is 3.46. The Labute approximate surface area is 167 Å². The van der Waals surface area contributed by atoms with Gasteiger partial charge in [0.15, 0.2) is 11.6 Å². The minimum absolute atomic E-state index is 0.194. The molecule has 3 heterocycles. The van der Waals surface area contributed by atoms with Crippen LogP contribution in [0.5, 0.6) is 0 Å². The Balaban J connectivity index is 0.000000758. The molecule has 0 amide bonds. The van der Waals surface area contributed by atoms with E-state index in [1.807, 2.05) is 62.4 Å². The number of hydrogen-bond acceptors (Lipinski definition) is 4. The van der Waals surface area contributed by atoms with E-state index in [0.29, 0.717) is 11.6 Å². The van der Waals surface area contributed by atoms with Crippen molar-refractivity contribution in [3.8, 4) is 0 Å². The van der Waals surface area contributed by atoms with Crippen molar-refractivity contribution in [2.45, 2.75) is 13.8 Å². The van der Waals surface area contributed by atoms with Crippen LogP contribution in [-0.2, 0) is 13.1 Å². The molecule has 136 valence electrons. The van der Waals surface area contributed by atoms with Crippen LogP contribution in [0.4, 0.5) is 11.6 Å². The number of H-pyrrole nitrogens is 1. The maximum absolute atomic E-state index is 4.76. The number of nitrogens with zero attached hydrogens (tertiary/aromatic N) is 4. The predicted octanol–water partition coefficient (Wildman–Crippen LogP) is 5.46. The first kappa shape index (κ1) is 20.3. The molecule has 0 saturated carbocycles. The summed E-state index contributed by atoms with van der Waals surface area (Å²) in [5.41, 5.74) is 3.64. The maximum atomic E-state index is 4.76. The minimum atomic E-state index is 0.194. The topological polar surface area (TPSA) is 66.3 Å². The van der Waals surface area contributed by atoms with E-state index in [9.17, 15) is 0 Å². The average Bonchev–Trinajstić information content (AvgIpc) is 3.15. The van der Waals surface area contributed by atoms with E-state index in [1.54, 1.807) is 12.4 Å². The third-order valence-corrected chi connectivity index (χ3v) is 3.33. The first-order valence-corrected chi connectivity index (χ1v) is 10.7. The van der Waals surface area contributed by atoms with Crippen molar-refractivity contribution in [2.24, 2.45) is 9.98 Å². The first-order chi connectivity index (χ1) is 12.6. The molecule has 0 aliphatic heterocycles. The fourth-order valence-electron chi connectivity index (χ4n) is 2.12. The van der Waals surface area contributed by atoms with E-state index < -0.39 is 0 Å². The van der Waals surface area contributed by atoms with Gasteiger partial charge in [-0.1, -0.05) is 12.1 Å². The summed E-state index contributed by atoms with van der Waals surface area (Å²) < 4.78 is 0. The second-order valence-corrected chi connectivity index (χ2v) is 6.93. The number of hydrogen-bond donors (Lipinski definition) is 1. The van der Waals surface area contributed by atoms with Gasteiger partial charge in [0, 0.05) is 12.4 Å². The van der Waals surface area contributed by atoms with Crippen LogP contribution >= 0.6 is 20.2 Å². The zero-order valence-corrected chi connectivity index (χ0v) is 16.8. The molecular weight excluding hydrogens is 413 g/mol. The molecule has 0 aliphatic rings. The molecule has 5 nitrogen and oxygen atoms in total. The van der Waals surface area contributed by atoms with E-state index in [1.165, 1.54) is 0 Å². The number of aliphatic imine (C=N–C) groups is 2. The molecule has 1 N–H and O–H groups in total. The Hall–Kier alpha value is -1.98. The summed E-state index contributed by atoms with van der Waals surface area (Å²) in [4.78, 5) is 20.8. The summed E-state index contributed by atoms with van der Waals surface area (Å²) >= 11 is 0.194. The van der Waals surface area contributed by atoms with Crippen molar-refractivity contribution in [3.63, 3.8) is 0 Å². The Morgan fingerprint density at radius 3 is 1.58 bits per heavy atom. The van der Waals surface area contributed by atoms with E-state index >= 15 is 0 Å². The number of aromatic amines is 1. The van der Waals surface area contributed by atoms with Gasteiger partial charge in [-0.25, -0.2) is 20.0 Å². The van der Waals surface area contributed by atoms with Gasteiger partial charge in [-0.3, -0.25) is 0 Å². The van der Waals surface area contributed by atoms with Crippen LogP contribution in [0.25, 0.3) is 0 Å². The average molecular weight is 430 g/mol. The number of aromatic nitrogens is 3. The van der Waals surface area contributed by atoms with Crippen LogP contribution in [0.2, 0.25) is 0 Å². The summed E-state index contributed by atoms with van der Waals surface area (Å²) in [7, 11) is 9.53. The fraction of sp³-hybridized carbons (Fsp3) is 0.111. The van der Waals surface area contributed by atoms with Gasteiger partial charge in [-0.2, -0.15) is 0 Å². The Morgan fingerprint density at radius 1 is 0.808 bits per heavy atom. The zero-order chi connectivity index (χ0) is 18.8. The van der Waals surface area contributed by atoms with Crippen molar-refractivity contribution < 1.29 is 13.1 Å². The number of rotatable bonds is 4. The standard InChI is InChI=1S/C18H17N5.2ClH.Fe/c1-13(21-17-7-3-5-11-19-17)15-9-10-16(23-15)14(2)22-18-8-4-6-12-20-18;;;/h3-12,23H,1-2H3;2*1H;/q;;;+2/p-2/b21-13+,22-14+;;;. The van der Waals surface area contributed by atoms with E-state index in [2.05, 4.69) is 24.9 Å². The molecule has 26 heavy (non-hydrogen) atoms. The second-order valence-electron chi connectivity index (χ2n) is 5.11. The molecule has 0 spiro atoms. The van der Waals surface area contributed by atoms with Crippen molar-refractivity contribution in [1.29, 1.82) is 0 Å². The third-order valence-electron chi connectivity index (χ3n) is 3.33. The number of nitrogens with one attached hydrogen (secondary N) is 1. The SMILES string of the molecule is C/C(=N\c1ccccn1)c1ccc(/C(C)=N/c2ccccn2)[nH]1.[Cl][Fe][Cl]. The molecule has 0 atom stereocenters. The summed E-state index contributed by atoms with van der Waals surface area (Å²) in [5, 5.41) is 0. The molecule has 0 aromatic carbocycles. The molecule has 8 heteroatoms. The first-order valence-electron chi connectivity index (χ1n) is 7.61. The van der Waals surface area contributed by atoms with Crippen molar-refractivity contribution >= 4 is 43.3 Å². The van der Waals surface area contributed by atoms with Crippen LogP contribution in [0.15, 0.2) is 70.9 Å². The Bertz CT molecular complexity index is 794. The summed E-state index contributed by atoms with van der Waals surface area (Å²) in [5.74, 6) is 1.39. The molecule has 0 bridgehead atoms. The molecular formula is C18H17Cl2FeN5. The van der Waals surface area contributed by atoms with Gasteiger partial charge in [0.1, 0.15) is 0 Å². The fourth-order valence-corrected chi connectivity index (χ4v) is 2.12. The van der Waals surface area contributed by atoms with E-state index in [-0.39, 0.29) is 13.1 Å².